The average Bonchev–Trinajstić information content (AvgIpc) is 2.88. The quantitative estimate of drug-likeness (QED) is 0.740. The first-order valence-corrected chi connectivity index (χ1v) is 6.19. The summed E-state index contributed by atoms with van der Waals surface area (Å²) in [4.78, 5) is 24.0. The van der Waals surface area contributed by atoms with Gasteiger partial charge in [0.1, 0.15) is 0 Å². The Hall–Kier alpha value is -1.35. The first-order chi connectivity index (χ1) is 9.28. The van der Waals surface area contributed by atoms with Crippen molar-refractivity contribution in [2.45, 2.75) is 18.7 Å². The molecule has 2 fully saturated rings. The number of aliphatic carboxylic acids is 1. The fraction of sp³-hybridized carbons (Fsp3) is 0.818. The number of rotatable bonds is 2. The van der Waals surface area contributed by atoms with Gasteiger partial charge in [0.05, 0.1) is 13.2 Å². The van der Waals surface area contributed by atoms with Crippen molar-refractivity contribution in [2.75, 3.05) is 32.8 Å². The lowest BCUT2D eigenvalue weighted by atomic mass is 9.84. The summed E-state index contributed by atoms with van der Waals surface area (Å²) in [5, 5.41) is 11.4. The molecular weight excluding hydrogens is 281 g/mol. The summed E-state index contributed by atoms with van der Waals surface area (Å²) in [7, 11) is 0. The van der Waals surface area contributed by atoms with E-state index in [-0.39, 0.29) is 32.7 Å². The molecule has 0 aromatic heterocycles. The van der Waals surface area contributed by atoms with E-state index in [4.69, 9.17) is 9.84 Å². The van der Waals surface area contributed by atoms with E-state index in [1.54, 1.807) is 0 Å². The van der Waals surface area contributed by atoms with E-state index in [2.05, 4.69) is 5.32 Å². The predicted octanol–water partition coefficient (Wildman–Crippen LogP) is -0.160. The van der Waals surface area contributed by atoms with Crippen LogP contribution in [0, 0.1) is 5.41 Å². The summed E-state index contributed by atoms with van der Waals surface area (Å²) in [5.74, 6) is -2.35. The van der Waals surface area contributed by atoms with Gasteiger partial charge in [0.25, 0.3) is 0 Å². The van der Waals surface area contributed by atoms with Crippen LogP contribution in [0.4, 0.5) is 13.2 Å². The second-order valence-electron chi connectivity index (χ2n) is 4.96. The molecule has 0 aromatic rings. The van der Waals surface area contributed by atoms with Crippen LogP contribution >= 0.6 is 0 Å². The molecule has 2 saturated heterocycles. The topological polar surface area (TPSA) is 78.9 Å². The minimum atomic E-state index is -4.66. The fourth-order valence-corrected chi connectivity index (χ4v) is 2.52. The Morgan fingerprint density at radius 2 is 2.10 bits per heavy atom. The molecule has 0 radical (unpaired) electrons. The van der Waals surface area contributed by atoms with Crippen LogP contribution in [0.1, 0.15) is 6.42 Å². The lowest BCUT2D eigenvalue weighted by molar-refractivity contribution is -0.224. The van der Waals surface area contributed by atoms with E-state index in [1.807, 2.05) is 0 Å². The Morgan fingerprint density at radius 1 is 1.40 bits per heavy atom. The number of carboxylic acid groups (broad SMARTS) is 1. The molecule has 0 saturated carbocycles. The van der Waals surface area contributed by atoms with Gasteiger partial charge in [-0.05, 0) is 13.0 Å². The van der Waals surface area contributed by atoms with Crippen molar-refractivity contribution < 1.29 is 32.6 Å². The molecule has 0 spiro atoms. The van der Waals surface area contributed by atoms with Crippen LogP contribution in [-0.2, 0) is 14.3 Å². The molecule has 2 rings (SSSR count). The summed E-state index contributed by atoms with van der Waals surface area (Å²) in [5.41, 5.74) is -2.45. The average molecular weight is 296 g/mol. The standard InChI is InChI=1S/C11H15F3N2O4/c12-11(13,14)10(1-2-15-6-10)9(19)16-3-4-20-7(5-16)8(17)18/h7,15H,1-6H2,(H,17,18). The number of halogens is 3. The molecule has 0 aromatic carbocycles. The van der Waals surface area contributed by atoms with Crippen LogP contribution in [0.3, 0.4) is 0 Å². The molecule has 2 unspecified atom stereocenters. The highest BCUT2D eigenvalue weighted by Crippen LogP contribution is 2.44. The zero-order valence-electron chi connectivity index (χ0n) is 10.6. The minimum Gasteiger partial charge on any atom is -0.479 e. The smallest absolute Gasteiger partial charge is 0.404 e. The summed E-state index contributed by atoms with van der Waals surface area (Å²) >= 11 is 0. The fourth-order valence-electron chi connectivity index (χ4n) is 2.52. The van der Waals surface area contributed by atoms with Crippen molar-refractivity contribution >= 4 is 11.9 Å². The molecule has 2 heterocycles. The van der Waals surface area contributed by atoms with Crippen LogP contribution < -0.4 is 5.32 Å². The zero-order valence-corrected chi connectivity index (χ0v) is 10.6. The predicted molar refractivity (Wildman–Crippen MR) is 59.9 cm³/mol. The van der Waals surface area contributed by atoms with Gasteiger partial charge in [-0.2, -0.15) is 13.2 Å². The van der Waals surface area contributed by atoms with Gasteiger partial charge in [0.2, 0.25) is 5.91 Å². The van der Waals surface area contributed by atoms with Crippen molar-refractivity contribution in [2.24, 2.45) is 5.41 Å². The molecule has 20 heavy (non-hydrogen) atoms. The number of amides is 1. The Kier molecular flexibility index (Phi) is 3.92. The van der Waals surface area contributed by atoms with Crippen LogP contribution in [0.2, 0.25) is 0 Å². The third-order valence-corrected chi connectivity index (χ3v) is 3.74. The number of alkyl halides is 3. The molecule has 9 heteroatoms. The highest BCUT2D eigenvalue weighted by atomic mass is 19.4. The van der Waals surface area contributed by atoms with Gasteiger partial charge >= 0.3 is 12.1 Å². The van der Waals surface area contributed by atoms with Crippen molar-refractivity contribution in [1.29, 1.82) is 0 Å². The number of carbonyl (C=O) groups is 2. The van der Waals surface area contributed by atoms with Gasteiger partial charge < -0.3 is 20.1 Å². The van der Waals surface area contributed by atoms with E-state index in [1.165, 1.54) is 0 Å². The zero-order chi connectivity index (χ0) is 15.0. The van der Waals surface area contributed by atoms with E-state index >= 15 is 0 Å². The highest BCUT2D eigenvalue weighted by molar-refractivity contribution is 5.85. The van der Waals surface area contributed by atoms with E-state index < -0.39 is 36.1 Å². The third kappa shape index (κ3) is 2.47. The maximum absolute atomic E-state index is 13.2. The maximum Gasteiger partial charge on any atom is 0.404 e. The lowest BCUT2D eigenvalue weighted by Gasteiger charge is -2.38. The second-order valence-corrected chi connectivity index (χ2v) is 4.96. The van der Waals surface area contributed by atoms with E-state index in [0.29, 0.717) is 0 Å². The van der Waals surface area contributed by atoms with Crippen LogP contribution in [0.25, 0.3) is 0 Å². The molecular formula is C11H15F3N2O4. The Bertz CT molecular complexity index is 407. The lowest BCUT2D eigenvalue weighted by Crippen LogP contribution is -2.58. The number of nitrogens with one attached hydrogen (secondary N) is 1. The van der Waals surface area contributed by atoms with Gasteiger partial charge in [-0.25, -0.2) is 4.79 Å². The number of morpholine rings is 1. The highest BCUT2D eigenvalue weighted by Gasteiger charge is 2.62. The number of carbonyl (C=O) groups excluding carboxylic acids is 1. The Balaban J connectivity index is 2.18. The number of hydrogen-bond donors (Lipinski definition) is 2. The van der Waals surface area contributed by atoms with Gasteiger partial charge in [0, 0.05) is 13.1 Å². The summed E-state index contributed by atoms with van der Waals surface area (Å²) in [6.07, 6.45) is -6.26. The number of carboxylic acids is 1. The monoisotopic (exact) mass is 296 g/mol. The van der Waals surface area contributed by atoms with Crippen LogP contribution in [0.5, 0.6) is 0 Å². The molecule has 114 valence electrons. The molecule has 1 amide bonds. The molecule has 6 nitrogen and oxygen atoms in total. The van der Waals surface area contributed by atoms with Crippen molar-refractivity contribution in [3.63, 3.8) is 0 Å². The van der Waals surface area contributed by atoms with Crippen LogP contribution in [-0.4, -0.2) is 66.9 Å². The molecule has 2 N–H and O–H groups in total. The molecule has 2 aliphatic rings. The third-order valence-electron chi connectivity index (χ3n) is 3.74. The first kappa shape index (κ1) is 15.0. The molecule has 2 aliphatic heterocycles. The minimum absolute atomic E-state index is 0.0273. The van der Waals surface area contributed by atoms with Gasteiger partial charge in [-0.15, -0.1) is 0 Å². The van der Waals surface area contributed by atoms with Crippen molar-refractivity contribution in [3.8, 4) is 0 Å². The number of ether oxygens (including phenoxy) is 1. The summed E-state index contributed by atoms with van der Waals surface area (Å²) in [6, 6.07) is 0. The molecule has 0 aliphatic carbocycles. The summed E-state index contributed by atoms with van der Waals surface area (Å²) in [6.45, 7) is -0.821. The van der Waals surface area contributed by atoms with Crippen molar-refractivity contribution in [3.05, 3.63) is 0 Å². The first-order valence-electron chi connectivity index (χ1n) is 6.19. The Labute approximate surface area is 112 Å². The van der Waals surface area contributed by atoms with Gasteiger partial charge in [0.15, 0.2) is 11.5 Å². The van der Waals surface area contributed by atoms with Gasteiger partial charge in [-0.1, -0.05) is 0 Å². The van der Waals surface area contributed by atoms with Crippen molar-refractivity contribution in [1.82, 2.24) is 10.2 Å². The molecule has 2 atom stereocenters. The van der Waals surface area contributed by atoms with Crippen LogP contribution in [0.15, 0.2) is 0 Å². The molecule has 0 bridgehead atoms. The van der Waals surface area contributed by atoms with E-state index in [0.717, 1.165) is 4.90 Å². The Morgan fingerprint density at radius 3 is 2.60 bits per heavy atom. The van der Waals surface area contributed by atoms with Gasteiger partial charge in [-0.3, -0.25) is 4.79 Å². The van der Waals surface area contributed by atoms with E-state index in [9.17, 15) is 22.8 Å². The largest absolute Gasteiger partial charge is 0.479 e. The summed E-state index contributed by atoms with van der Waals surface area (Å²) < 4.78 is 44.6. The number of nitrogens with zero attached hydrogens (tertiary/aromatic N) is 1. The normalized spacial score (nSPS) is 31.4. The second kappa shape index (κ2) is 5.21. The number of hydrogen-bond acceptors (Lipinski definition) is 4. The maximum atomic E-state index is 13.2. The SMILES string of the molecule is O=C(O)C1CN(C(=O)C2(C(F)(F)F)CCNC2)CCO1.